The molecule has 1 aromatic heterocycles. The Kier molecular flexibility index (Phi) is 4.77. The predicted octanol–water partition coefficient (Wildman–Crippen LogP) is 1.08. The quantitative estimate of drug-likeness (QED) is 0.866. The maximum absolute atomic E-state index is 12.2. The molecule has 2 heterocycles. The van der Waals surface area contributed by atoms with Crippen LogP contribution in [0.15, 0.2) is 12.3 Å². The van der Waals surface area contributed by atoms with Crippen molar-refractivity contribution in [3.05, 3.63) is 12.3 Å². The Balaban J connectivity index is 1.93. The van der Waals surface area contributed by atoms with E-state index in [9.17, 15) is 4.79 Å². The minimum absolute atomic E-state index is 0.0216. The molecular formula is C14H25N5O. The van der Waals surface area contributed by atoms with Gasteiger partial charge in [-0.2, -0.15) is 5.10 Å². The molecule has 1 aromatic rings. The number of nitrogens with one attached hydrogen (secondary N) is 2. The highest BCUT2D eigenvalue weighted by Crippen LogP contribution is 2.13. The van der Waals surface area contributed by atoms with E-state index in [0.29, 0.717) is 18.6 Å². The summed E-state index contributed by atoms with van der Waals surface area (Å²) in [6.07, 6.45) is 1.71. The molecule has 2 N–H and O–H groups in total. The van der Waals surface area contributed by atoms with Gasteiger partial charge < -0.3 is 10.6 Å². The summed E-state index contributed by atoms with van der Waals surface area (Å²) in [5, 5.41) is 10.6. The van der Waals surface area contributed by atoms with Gasteiger partial charge in [-0.15, -0.1) is 0 Å². The highest BCUT2D eigenvalue weighted by atomic mass is 16.2. The molecule has 6 nitrogen and oxygen atoms in total. The summed E-state index contributed by atoms with van der Waals surface area (Å²) in [4.78, 5) is 14.4. The third kappa shape index (κ3) is 3.58. The van der Waals surface area contributed by atoms with Crippen molar-refractivity contribution in [2.75, 3.05) is 25.0 Å². The van der Waals surface area contributed by atoms with E-state index in [1.54, 1.807) is 6.20 Å². The summed E-state index contributed by atoms with van der Waals surface area (Å²) < 4.78 is 1.82. The van der Waals surface area contributed by atoms with Crippen LogP contribution in [0.2, 0.25) is 0 Å². The largest absolute Gasteiger partial charge is 0.311 e. The number of nitrogens with zero attached hydrogens (tertiary/aromatic N) is 3. The minimum atomic E-state index is 0.0216. The van der Waals surface area contributed by atoms with Crippen molar-refractivity contribution in [3.63, 3.8) is 0 Å². The first kappa shape index (κ1) is 15.0. The summed E-state index contributed by atoms with van der Waals surface area (Å²) in [5.41, 5.74) is 0. The Morgan fingerprint density at radius 1 is 1.55 bits per heavy atom. The Labute approximate surface area is 120 Å². The van der Waals surface area contributed by atoms with Crippen LogP contribution in [0.1, 0.15) is 33.7 Å². The zero-order valence-corrected chi connectivity index (χ0v) is 12.8. The highest BCUT2D eigenvalue weighted by molar-refractivity contribution is 5.91. The molecule has 2 unspecified atom stereocenters. The summed E-state index contributed by atoms with van der Waals surface area (Å²) in [5.74, 6) is 0.786. The Hall–Kier alpha value is -1.40. The molecule has 1 fully saturated rings. The number of hydrogen-bond acceptors (Lipinski definition) is 4. The molecule has 0 spiro atoms. The standard InChI is InChI=1S/C14H25N5O/c1-10(2)19-13(5-6-16-19)17-14(20)9-18-8-11(3)15-7-12(18)4/h5-6,10-12,15H,7-9H2,1-4H3,(H,17,20). The van der Waals surface area contributed by atoms with Gasteiger partial charge in [0.2, 0.25) is 5.91 Å². The van der Waals surface area contributed by atoms with Crippen LogP contribution in [0.25, 0.3) is 0 Å². The number of anilines is 1. The second kappa shape index (κ2) is 6.37. The highest BCUT2D eigenvalue weighted by Gasteiger charge is 2.24. The number of piperazine rings is 1. The van der Waals surface area contributed by atoms with Crippen molar-refractivity contribution in [2.24, 2.45) is 0 Å². The first-order valence-electron chi connectivity index (χ1n) is 7.28. The van der Waals surface area contributed by atoms with E-state index in [1.807, 2.05) is 24.6 Å². The predicted molar refractivity (Wildman–Crippen MR) is 79.7 cm³/mol. The average molecular weight is 279 g/mol. The molecule has 2 atom stereocenters. The van der Waals surface area contributed by atoms with Gasteiger partial charge in [0, 0.05) is 37.3 Å². The topological polar surface area (TPSA) is 62.2 Å². The first-order valence-corrected chi connectivity index (χ1v) is 7.28. The van der Waals surface area contributed by atoms with Crippen LogP contribution in [0.3, 0.4) is 0 Å². The number of aromatic nitrogens is 2. The van der Waals surface area contributed by atoms with Crippen molar-refractivity contribution in [1.29, 1.82) is 0 Å². The van der Waals surface area contributed by atoms with Gasteiger partial charge in [0.1, 0.15) is 5.82 Å². The average Bonchev–Trinajstić information content (AvgIpc) is 2.82. The summed E-state index contributed by atoms with van der Waals surface area (Å²) in [7, 11) is 0. The first-order chi connectivity index (χ1) is 9.47. The molecule has 112 valence electrons. The smallest absolute Gasteiger partial charge is 0.239 e. The Morgan fingerprint density at radius 2 is 2.30 bits per heavy atom. The van der Waals surface area contributed by atoms with Crippen molar-refractivity contribution >= 4 is 11.7 Å². The summed E-state index contributed by atoms with van der Waals surface area (Å²) in [6.45, 7) is 10.6. The maximum Gasteiger partial charge on any atom is 0.239 e. The van der Waals surface area contributed by atoms with Gasteiger partial charge in [0.05, 0.1) is 12.7 Å². The Bertz CT molecular complexity index is 456. The van der Waals surface area contributed by atoms with E-state index in [1.165, 1.54) is 0 Å². The number of carbonyl (C=O) groups is 1. The third-order valence-corrected chi connectivity index (χ3v) is 3.67. The molecule has 0 aliphatic carbocycles. The van der Waals surface area contributed by atoms with Gasteiger partial charge in [-0.1, -0.05) is 0 Å². The second-order valence-electron chi connectivity index (χ2n) is 5.89. The third-order valence-electron chi connectivity index (χ3n) is 3.67. The maximum atomic E-state index is 12.2. The van der Waals surface area contributed by atoms with E-state index in [-0.39, 0.29) is 11.9 Å². The summed E-state index contributed by atoms with van der Waals surface area (Å²) in [6, 6.07) is 2.88. The van der Waals surface area contributed by atoms with E-state index in [0.717, 1.165) is 18.9 Å². The number of hydrogen-bond donors (Lipinski definition) is 2. The van der Waals surface area contributed by atoms with Crippen LogP contribution >= 0.6 is 0 Å². The van der Waals surface area contributed by atoms with Gasteiger partial charge in [-0.05, 0) is 27.7 Å². The molecule has 0 aromatic carbocycles. The van der Waals surface area contributed by atoms with Gasteiger partial charge in [-0.3, -0.25) is 9.69 Å². The number of rotatable bonds is 4. The molecule has 1 saturated heterocycles. The van der Waals surface area contributed by atoms with Gasteiger partial charge >= 0.3 is 0 Å². The molecule has 1 amide bonds. The minimum Gasteiger partial charge on any atom is -0.311 e. The van der Waals surface area contributed by atoms with E-state index >= 15 is 0 Å². The van der Waals surface area contributed by atoms with Crippen LogP contribution in [0.5, 0.6) is 0 Å². The van der Waals surface area contributed by atoms with E-state index in [2.05, 4.69) is 34.5 Å². The van der Waals surface area contributed by atoms with E-state index in [4.69, 9.17) is 0 Å². The lowest BCUT2D eigenvalue weighted by molar-refractivity contribution is -0.118. The Morgan fingerprint density at radius 3 is 3.00 bits per heavy atom. The van der Waals surface area contributed by atoms with Crippen LogP contribution in [-0.4, -0.2) is 52.3 Å². The van der Waals surface area contributed by atoms with E-state index < -0.39 is 0 Å². The molecular weight excluding hydrogens is 254 g/mol. The fraction of sp³-hybridized carbons (Fsp3) is 0.714. The molecule has 1 aliphatic heterocycles. The monoisotopic (exact) mass is 279 g/mol. The van der Waals surface area contributed by atoms with Crippen LogP contribution < -0.4 is 10.6 Å². The molecule has 0 bridgehead atoms. The molecule has 20 heavy (non-hydrogen) atoms. The molecule has 0 radical (unpaired) electrons. The molecule has 6 heteroatoms. The fourth-order valence-electron chi connectivity index (χ4n) is 2.51. The lowest BCUT2D eigenvalue weighted by Crippen LogP contribution is -2.55. The summed E-state index contributed by atoms with van der Waals surface area (Å²) >= 11 is 0. The molecule has 0 saturated carbocycles. The van der Waals surface area contributed by atoms with Crippen molar-refractivity contribution in [1.82, 2.24) is 20.0 Å². The van der Waals surface area contributed by atoms with Gasteiger partial charge in [0.15, 0.2) is 0 Å². The second-order valence-corrected chi connectivity index (χ2v) is 5.89. The van der Waals surface area contributed by atoms with Gasteiger partial charge in [-0.25, -0.2) is 4.68 Å². The SMILES string of the molecule is CC1CN(CC(=O)Nc2ccnn2C(C)C)C(C)CN1. The van der Waals surface area contributed by atoms with Crippen molar-refractivity contribution in [2.45, 2.75) is 45.8 Å². The van der Waals surface area contributed by atoms with Crippen LogP contribution in [0.4, 0.5) is 5.82 Å². The zero-order valence-electron chi connectivity index (χ0n) is 12.8. The zero-order chi connectivity index (χ0) is 14.7. The molecule has 2 rings (SSSR count). The van der Waals surface area contributed by atoms with Crippen molar-refractivity contribution in [3.8, 4) is 0 Å². The van der Waals surface area contributed by atoms with Gasteiger partial charge in [0.25, 0.3) is 0 Å². The number of carbonyl (C=O) groups excluding carboxylic acids is 1. The molecule has 1 aliphatic rings. The normalized spacial score (nSPS) is 24.1. The lowest BCUT2D eigenvalue weighted by Gasteiger charge is -2.36. The van der Waals surface area contributed by atoms with Crippen LogP contribution in [0, 0.1) is 0 Å². The van der Waals surface area contributed by atoms with Crippen molar-refractivity contribution < 1.29 is 4.79 Å². The fourth-order valence-corrected chi connectivity index (χ4v) is 2.51. The number of amides is 1. The van der Waals surface area contributed by atoms with Crippen LogP contribution in [-0.2, 0) is 4.79 Å². The lowest BCUT2D eigenvalue weighted by atomic mass is 10.1.